The SMILES string of the molecule is COCCN=C(/C=C/C1=C(S(=O)(=O)c2ccccc2)C(C)(C/C=C2/N(CCOC)c3ccccc3C2(C)C)CC1)C(C)(C)c1ccccc1. The van der Waals surface area contributed by atoms with Gasteiger partial charge in [-0.3, -0.25) is 4.99 Å². The average molecular weight is 681 g/mol. The number of allylic oxidation sites excluding steroid dienone is 6. The summed E-state index contributed by atoms with van der Waals surface area (Å²) in [6.07, 6.45) is 8.31. The Morgan fingerprint density at radius 2 is 1.53 bits per heavy atom. The number of sulfone groups is 1. The van der Waals surface area contributed by atoms with Crippen LogP contribution in [0.15, 0.2) is 129 Å². The second-order valence-electron chi connectivity index (χ2n) is 14.4. The summed E-state index contributed by atoms with van der Waals surface area (Å²) in [5, 5.41) is 0. The van der Waals surface area contributed by atoms with Crippen molar-refractivity contribution in [3.8, 4) is 0 Å². The first-order chi connectivity index (χ1) is 23.4. The van der Waals surface area contributed by atoms with E-state index in [1.807, 2.05) is 36.4 Å². The van der Waals surface area contributed by atoms with E-state index in [1.165, 1.54) is 16.9 Å². The topological polar surface area (TPSA) is 68.2 Å². The highest BCUT2D eigenvalue weighted by molar-refractivity contribution is 7.95. The van der Waals surface area contributed by atoms with Gasteiger partial charge in [-0.25, -0.2) is 8.42 Å². The van der Waals surface area contributed by atoms with Crippen LogP contribution in [0.5, 0.6) is 0 Å². The van der Waals surface area contributed by atoms with E-state index >= 15 is 0 Å². The van der Waals surface area contributed by atoms with Gasteiger partial charge in [0.05, 0.1) is 29.6 Å². The lowest BCUT2D eigenvalue weighted by atomic mass is 9.79. The zero-order chi connectivity index (χ0) is 35.3. The average Bonchev–Trinajstić information content (AvgIpc) is 3.55. The van der Waals surface area contributed by atoms with E-state index in [1.54, 1.807) is 38.5 Å². The fourth-order valence-electron chi connectivity index (χ4n) is 7.45. The van der Waals surface area contributed by atoms with Crippen molar-refractivity contribution >= 4 is 21.2 Å². The highest BCUT2D eigenvalue weighted by atomic mass is 32.2. The van der Waals surface area contributed by atoms with Gasteiger partial charge < -0.3 is 14.4 Å². The van der Waals surface area contributed by atoms with Gasteiger partial charge >= 0.3 is 0 Å². The zero-order valence-corrected chi connectivity index (χ0v) is 31.0. The van der Waals surface area contributed by atoms with Gasteiger partial charge in [0.1, 0.15) is 0 Å². The molecule has 3 aromatic rings. The maximum atomic E-state index is 14.7. The van der Waals surface area contributed by atoms with E-state index in [-0.39, 0.29) is 5.41 Å². The third-order valence-electron chi connectivity index (χ3n) is 10.3. The van der Waals surface area contributed by atoms with Crippen molar-refractivity contribution in [1.82, 2.24) is 0 Å². The normalized spacial score (nSPS) is 20.5. The summed E-state index contributed by atoms with van der Waals surface area (Å²) in [6.45, 7) is 13.3. The number of para-hydroxylation sites is 1. The minimum Gasteiger partial charge on any atom is -0.383 e. The predicted molar refractivity (Wildman–Crippen MR) is 202 cm³/mol. The first-order valence-corrected chi connectivity index (χ1v) is 18.7. The molecule has 6 nitrogen and oxygen atoms in total. The van der Waals surface area contributed by atoms with E-state index in [0.717, 1.165) is 29.8 Å². The minimum atomic E-state index is -3.80. The van der Waals surface area contributed by atoms with Crippen molar-refractivity contribution in [2.45, 2.75) is 69.6 Å². The van der Waals surface area contributed by atoms with Crippen LogP contribution in [0.4, 0.5) is 5.69 Å². The van der Waals surface area contributed by atoms with Crippen molar-refractivity contribution in [2.75, 3.05) is 45.4 Å². The van der Waals surface area contributed by atoms with Crippen LogP contribution < -0.4 is 4.90 Å². The van der Waals surface area contributed by atoms with Crippen molar-refractivity contribution in [3.05, 3.63) is 130 Å². The van der Waals surface area contributed by atoms with Crippen LogP contribution in [-0.4, -0.2) is 54.7 Å². The fraction of sp³-hybridized carbons (Fsp3) is 0.405. The van der Waals surface area contributed by atoms with Gasteiger partial charge in [-0.1, -0.05) is 114 Å². The lowest BCUT2D eigenvalue weighted by Crippen LogP contribution is -2.30. The lowest BCUT2D eigenvalue weighted by molar-refractivity contribution is 0.206. The molecule has 0 aromatic heterocycles. The van der Waals surface area contributed by atoms with Gasteiger partial charge in [0.2, 0.25) is 9.84 Å². The first-order valence-electron chi connectivity index (χ1n) is 17.3. The molecule has 3 aromatic carbocycles. The molecule has 1 aliphatic carbocycles. The molecular weight excluding hydrogens is 629 g/mol. The summed E-state index contributed by atoms with van der Waals surface area (Å²) >= 11 is 0. The summed E-state index contributed by atoms with van der Waals surface area (Å²) < 4.78 is 40.1. The number of anilines is 1. The highest BCUT2D eigenvalue weighted by Crippen LogP contribution is 2.53. The fourth-order valence-corrected chi connectivity index (χ4v) is 9.55. The van der Waals surface area contributed by atoms with Crippen LogP contribution in [0.1, 0.15) is 65.0 Å². The third kappa shape index (κ3) is 7.40. The number of nitrogens with zero attached hydrogens (tertiary/aromatic N) is 2. The molecule has 1 aliphatic heterocycles. The number of fused-ring (bicyclic) bond motifs is 1. The van der Waals surface area contributed by atoms with Crippen LogP contribution >= 0.6 is 0 Å². The van der Waals surface area contributed by atoms with Crippen molar-refractivity contribution in [1.29, 1.82) is 0 Å². The number of methoxy groups -OCH3 is 2. The third-order valence-corrected chi connectivity index (χ3v) is 12.5. The molecule has 1 atom stereocenters. The molecule has 2 aliphatic rings. The zero-order valence-electron chi connectivity index (χ0n) is 30.2. The van der Waals surface area contributed by atoms with E-state index < -0.39 is 20.7 Å². The van der Waals surface area contributed by atoms with Gasteiger partial charge in [0, 0.05) is 54.1 Å². The van der Waals surface area contributed by atoms with Gasteiger partial charge in [0.25, 0.3) is 0 Å². The summed E-state index contributed by atoms with van der Waals surface area (Å²) in [7, 11) is -0.398. The molecule has 0 fully saturated rings. The molecule has 0 bridgehead atoms. The number of hydrogen-bond donors (Lipinski definition) is 0. The predicted octanol–water partition coefficient (Wildman–Crippen LogP) is 8.85. The Morgan fingerprint density at radius 3 is 2.20 bits per heavy atom. The monoisotopic (exact) mass is 680 g/mol. The molecular formula is C42H52N2O4S. The molecule has 0 amide bonds. The van der Waals surface area contributed by atoms with Crippen LogP contribution in [0.25, 0.3) is 0 Å². The quantitative estimate of drug-likeness (QED) is 0.126. The number of hydrogen-bond acceptors (Lipinski definition) is 6. The smallest absolute Gasteiger partial charge is 0.203 e. The van der Waals surface area contributed by atoms with E-state index in [0.29, 0.717) is 42.4 Å². The molecule has 0 saturated carbocycles. The second kappa shape index (κ2) is 15.0. The maximum absolute atomic E-state index is 14.7. The van der Waals surface area contributed by atoms with Crippen molar-refractivity contribution < 1.29 is 17.9 Å². The van der Waals surface area contributed by atoms with Gasteiger partial charge in [-0.05, 0) is 60.2 Å². The molecule has 1 heterocycles. The maximum Gasteiger partial charge on any atom is 0.203 e. The number of aliphatic imine (C=N–C) groups is 1. The number of benzene rings is 3. The summed E-state index contributed by atoms with van der Waals surface area (Å²) in [5.41, 5.74) is 5.27. The Bertz CT molecular complexity index is 1840. The Labute approximate surface area is 294 Å². The molecule has 7 heteroatoms. The van der Waals surface area contributed by atoms with Gasteiger partial charge in [0.15, 0.2) is 0 Å². The summed E-state index contributed by atoms with van der Waals surface area (Å²) in [5.74, 6) is 0. The van der Waals surface area contributed by atoms with Crippen LogP contribution in [0, 0.1) is 5.41 Å². The molecule has 0 spiro atoms. The number of rotatable bonds is 14. The first kappa shape index (κ1) is 36.5. The second-order valence-corrected chi connectivity index (χ2v) is 16.3. The van der Waals surface area contributed by atoms with Crippen molar-refractivity contribution in [2.24, 2.45) is 10.4 Å². The largest absolute Gasteiger partial charge is 0.383 e. The summed E-state index contributed by atoms with van der Waals surface area (Å²) in [6, 6.07) is 27.7. The van der Waals surface area contributed by atoms with E-state index in [2.05, 4.69) is 82.0 Å². The number of ether oxygens (including phenoxy) is 2. The Kier molecular flexibility index (Phi) is 11.2. The minimum absolute atomic E-state index is 0.235. The van der Waals surface area contributed by atoms with Gasteiger partial charge in [-0.15, -0.1) is 0 Å². The molecule has 1 unspecified atom stereocenters. The van der Waals surface area contributed by atoms with E-state index in [4.69, 9.17) is 14.5 Å². The molecule has 0 radical (unpaired) electrons. The van der Waals surface area contributed by atoms with Crippen molar-refractivity contribution in [3.63, 3.8) is 0 Å². The Balaban J connectivity index is 1.60. The van der Waals surface area contributed by atoms with E-state index in [9.17, 15) is 8.42 Å². The van der Waals surface area contributed by atoms with Crippen LogP contribution in [0.3, 0.4) is 0 Å². The lowest BCUT2D eigenvalue weighted by Gasteiger charge is -2.31. The Morgan fingerprint density at radius 1 is 0.898 bits per heavy atom. The molecule has 0 saturated heterocycles. The van der Waals surface area contributed by atoms with Crippen LogP contribution in [-0.2, 0) is 30.1 Å². The molecule has 0 N–H and O–H groups in total. The molecule has 49 heavy (non-hydrogen) atoms. The Hall–Kier alpha value is -3.78. The summed E-state index contributed by atoms with van der Waals surface area (Å²) in [4.78, 5) is 8.15. The van der Waals surface area contributed by atoms with Gasteiger partial charge in [-0.2, -0.15) is 0 Å². The van der Waals surface area contributed by atoms with Crippen LogP contribution in [0.2, 0.25) is 0 Å². The standard InChI is InChI=1S/C42H52N2O4S/c1-40(2,33-16-10-8-11-17-33)37(43-28-30-47-6)23-22-32-24-26-42(5,39(32)49(45,46)34-18-12-9-13-19-34)27-25-38-41(3,4)35-20-14-15-21-36(35)44(38)29-31-48-7/h8-23,25H,24,26-31H2,1-7H3/b23-22+,38-25+,43-37?. The molecule has 260 valence electrons. The highest BCUT2D eigenvalue weighted by Gasteiger charge is 2.45. The molecule has 5 rings (SSSR count).